The van der Waals surface area contributed by atoms with Crippen LogP contribution in [0, 0.1) is 15.9 Å². The van der Waals surface area contributed by atoms with Gasteiger partial charge >= 0.3 is 11.7 Å². The molecular weight excluding hydrogens is 273 g/mol. The number of aromatic carboxylic acids is 1. The summed E-state index contributed by atoms with van der Waals surface area (Å²) in [6.45, 7) is 0. The molecule has 15 heavy (non-hydrogen) atoms. The second-order valence-electron chi connectivity index (χ2n) is 2.67. The summed E-state index contributed by atoms with van der Waals surface area (Å²) in [5, 5.41) is 19.3. The number of halogens is 2. The molecule has 0 heterocycles. The van der Waals surface area contributed by atoms with E-state index in [4.69, 9.17) is 5.11 Å². The van der Waals surface area contributed by atoms with Gasteiger partial charge in [0.05, 0.1) is 4.92 Å². The van der Waals surface area contributed by atoms with Crippen molar-refractivity contribution in [3.63, 3.8) is 0 Å². The van der Waals surface area contributed by atoms with Crippen LogP contribution in [0.15, 0.2) is 12.1 Å². The summed E-state index contributed by atoms with van der Waals surface area (Å²) in [6.07, 6.45) is 0. The second kappa shape index (κ2) is 4.35. The number of rotatable bonds is 3. The van der Waals surface area contributed by atoms with E-state index in [9.17, 15) is 19.3 Å². The lowest BCUT2D eigenvalue weighted by Gasteiger charge is -2.01. The second-order valence-corrected chi connectivity index (χ2v) is 3.23. The predicted molar refractivity (Wildman–Crippen MR) is 52.6 cm³/mol. The molecule has 1 aromatic carbocycles. The van der Waals surface area contributed by atoms with Gasteiger partial charge in [0.25, 0.3) is 0 Å². The Morgan fingerprint density at radius 3 is 2.60 bits per heavy atom. The Morgan fingerprint density at radius 2 is 2.20 bits per heavy atom. The quantitative estimate of drug-likeness (QED) is 0.522. The zero-order valence-electron chi connectivity index (χ0n) is 7.24. The van der Waals surface area contributed by atoms with Crippen LogP contribution in [0.25, 0.3) is 0 Å². The zero-order valence-corrected chi connectivity index (χ0v) is 8.82. The third kappa shape index (κ3) is 2.30. The monoisotopic (exact) mass is 277 g/mol. The van der Waals surface area contributed by atoms with Crippen LogP contribution in [-0.2, 0) is 5.33 Å². The van der Waals surface area contributed by atoms with Gasteiger partial charge in [-0.1, -0.05) is 15.9 Å². The van der Waals surface area contributed by atoms with Crippen LogP contribution in [0.2, 0.25) is 0 Å². The Labute approximate surface area is 91.8 Å². The number of benzene rings is 1. The van der Waals surface area contributed by atoms with E-state index in [1.54, 1.807) is 0 Å². The van der Waals surface area contributed by atoms with E-state index in [1.807, 2.05) is 0 Å². The first-order chi connectivity index (χ1) is 6.97. The molecule has 80 valence electrons. The predicted octanol–water partition coefficient (Wildman–Crippen LogP) is 2.33. The van der Waals surface area contributed by atoms with Crippen LogP contribution >= 0.6 is 15.9 Å². The molecule has 0 aliphatic carbocycles. The van der Waals surface area contributed by atoms with E-state index < -0.39 is 28.0 Å². The average Bonchev–Trinajstić information content (AvgIpc) is 2.17. The van der Waals surface area contributed by atoms with Gasteiger partial charge < -0.3 is 5.11 Å². The van der Waals surface area contributed by atoms with Gasteiger partial charge in [0, 0.05) is 11.4 Å². The molecule has 0 unspecified atom stereocenters. The van der Waals surface area contributed by atoms with Crippen molar-refractivity contribution in [1.82, 2.24) is 0 Å². The number of carboxylic acids is 1. The third-order valence-corrected chi connectivity index (χ3v) is 2.34. The highest BCUT2D eigenvalue weighted by Gasteiger charge is 2.23. The Morgan fingerprint density at radius 1 is 1.60 bits per heavy atom. The number of nitro benzene ring substituents is 1. The van der Waals surface area contributed by atoms with Gasteiger partial charge in [0.2, 0.25) is 5.82 Å². The van der Waals surface area contributed by atoms with Crippen LogP contribution in [0.5, 0.6) is 0 Å². The molecule has 1 aromatic rings. The van der Waals surface area contributed by atoms with Gasteiger partial charge in [-0.15, -0.1) is 0 Å². The largest absolute Gasteiger partial charge is 0.478 e. The number of hydrogen-bond acceptors (Lipinski definition) is 3. The van der Waals surface area contributed by atoms with Crippen LogP contribution in [0.4, 0.5) is 10.1 Å². The summed E-state index contributed by atoms with van der Waals surface area (Å²) >= 11 is 3.01. The fraction of sp³-hybridized carbons (Fsp3) is 0.125. The van der Waals surface area contributed by atoms with E-state index in [0.29, 0.717) is 5.56 Å². The summed E-state index contributed by atoms with van der Waals surface area (Å²) in [5.74, 6) is -2.85. The molecule has 0 aromatic heterocycles. The summed E-state index contributed by atoms with van der Waals surface area (Å²) in [7, 11) is 0. The van der Waals surface area contributed by atoms with Crippen molar-refractivity contribution < 1.29 is 19.2 Å². The molecule has 0 aliphatic rings. The topological polar surface area (TPSA) is 80.4 Å². The van der Waals surface area contributed by atoms with Crippen molar-refractivity contribution in [2.24, 2.45) is 0 Å². The highest BCUT2D eigenvalue weighted by molar-refractivity contribution is 9.08. The van der Waals surface area contributed by atoms with Crippen LogP contribution in [0.1, 0.15) is 15.9 Å². The number of hydrogen-bond donors (Lipinski definition) is 1. The maximum absolute atomic E-state index is 13.3. The maximum Gasteiger partial charge on any atom is 0.338 e. The SMILES string of the molecule is O=C(O)c1cc(CBr)cc([N+](=O)[O-])c1F. The van der Waals surface area contributed by atoms with Crippen molar-refractivity contribution in [1.29, 1.82) is 0 Å². The number of carbonyl (C=O) groups is 1. The molecule has 0 saturated carbocycles. The van der Waals surface area contributed by atoms with E-state index in [2.05, 4.69) is 15.9 Å². The summed E-state index contributed by atoms with van der Waals surface area (Å²) in [6, 6.07) is 2.05. The minimum absolute atomic E-state index is 0.217. The van der Waals surface area contributed by atoms with Crippen molar-refractivity contribution in [3.8, 4) is 0 Å². The summed E-state index contributed by atoms with van der Waals surface area (Å²) in [4.78, 5) is 20.1. The summed E-state index contributed by atoms with van der Waals surface area (Å²) < 4.78 is 13.3. The molecule has 5 nitrogen and oxygen atoms in total. The summed E-state index contributed by atoms with van der Waals surface area (Å²) in [5.41, 5.74) is -1.19. The molecule has 0 amide bonds. The molecule has 0 fully saturated rings. The molecule has 0 spiro atoms. The normalized spacial score (nSPS) is 10.0. The number of nitro groups is 1. The first-order valence-corrected chi connectivity index (χ1v) is 4.85. The van der Waals surface area contributed by atoms with E-state index in [0.717, 1.165) is 12.1 Å². The average molecular weight is 278 g/mol. The first-order valence-electron chi connectivity index (χ1n) is 3.73. The smallest absolute Gasteiger partial charge is 0.338 e. The van der Waals surface area contributed by atoms with Crippen molar-refractivity contribution >= 4 is 27.6 Å². The maximum atomic E-state index is 13.3. The van der Waals surface area contributed by atoms with Gasteiger partial charge in [-0.3, -0.25) is 10.1 Å². The lowest BCUT2D eigenvalue weighted by atomic mass is 10.1. The van der Waals surface area contributed by atoms with Crippen molar-refractivity contribution in [2.45, 2.75) is 5.33 Å². The van der Waals surface area contributed by atoms with Gasteiger partial charge in [0.15, 0.2) is 0 Å². The highest BCUT2D eigenvalue weighted by atomic mass is 79.9. The van der Waals surface area contributed by atoms with Crippen molar-refractivity contribution in [3.05, 3.63) is 39.2 Å². The van der Waals surface area contributed by atoms with Crippen LogP contribution in [0.3, 0.4) is 0 Å². The number of carboxylic acid groups (broad SMARTS) is 1. The first kappa shape index (κ1) is 11.6. The Kier molecular flexibility index (Phi) is 3.35. The molecule has 0 bridgehead atoms. The zero-order chi connectivity index (χ0) is 11.6. The number of alkyl halides is 1. The van der Waals surface area contributed by atoms with E-state index >= 15 is 0 Å². The van der Waals surface area contributed by atoms with E-state index in [-0.39, 0.29) is 5.33 Å². The van der Waals surface area contributed by atoms with Gasteiger partial charge in [-0.25, -0.2) is 4.79 Å². The van der Waals surface area contributed by atoms with Gasteiger partial charge in [-0.2, -0.15) is 4.39 Å². The fourth-order valence-corrected chi connectivity index (χ4v) is 1.36. The molecule has 1 rings (SSSR count). The minimum atomic E-state index is -1.53. The Bertz CT molecular complexity index is 400. The Balaban J connectivity index is 3.47. The third-order valence-electron chi connectivity index (χ3n) is 1.69. The fourth-order valence-electron chi connectivity index (χ4n) is 1.03. The lowest BCUT2D eigenvalue weighted by molar-refractivity contribution is -0.387. The molecule has 0 saturated heterocycles. The van der Waals surface area contributed by atoms with Crippen molar-refractivity contribution in [2.75, 3.05) is 0 Å². The number of nitrogens with zero attached hydrogens (tertiary/aromatic N) is 1. The van der Waals surface area contributed by atoms with Gasteiger partial charge in [-0.05, 0) is 11.6 Å². The molecule has 1 N–H and O–H groups in total. The molecular formula is C8H5BrFNO4. The molecule has 0 aliphatic heterocycles. The molecule has 0 radical (unpaired) electrons. The lowest BCUT2D eigenvalue weighted by Crippen LogP contribution is -2.05. The van der Waals surface area contributed by atoms with Gasteiger partial charge in [0.1, 0.15) is 5.56 Å². The standard InChI is InChI=1S/C8H5BrFNO4/c9-3-4-1-5(8(12)13)7(10)6(2-4)11(14)15/h1-2H,3H2,(H,12,13). The molecule has 0 atom stereocenters. The van der Waals surface area contributed by atoms with E-state index in [1.165, 1.54) is 0 Å². The molecule has 7 heteroatoms. The Hall–Kier alpha value is -1.50. The van der Waals surface area contributed by atoms with Crippen LogP contribution < -0.4 is 0 Å². The highest BCUT2D eigenvalue weighted by Crippen LogP contribution is 2.24. The van der Waals surface area contributed by atoms with Crippen LogP contribution in [-0.4, -0.2) is 16.0 Å². The minimum Gasteiger partial charge on any atom is -0.478 e.